The number of nitrogens with one attached hydrogen (secondary N) is 1. The highest BCUT2D eigenvalue weighted by Gasteiger charge is 2.62. The Morgan fingerprint density at radius 2 is 1.61 bits per heavy atom. The van der Waals surface area contributed by atoms with Crippen LogP contribution in [0.15, 0.2) is 36.4 Å². The van der Waals surface area contributed by atoms with Crippen LogP contribution in [0.25, 0.3) is 0 Å². The zero-order chi connectivity index (χ0) is 26.9. The van der Waals surface area contributed by atoms with Gasteiger partial charge in [0, 0.05) is 19.6 Å². The molecule has 0 saturated carbocycles. The maximum atomic E-state index is 13.4. The molecule has 2 aromatic rings. The molecule has 1 amide bonds. The molecule has 1 heterocycles. The largest absolute Gasteiger partial charge is 0.484 e. The Morgan fingerprint density at radius 3 is 2.19 bits per heavy atom. The number of hydrogen-bond acceptors (Lipinski definition) is 3. The van der Waals surface area contributed by atoms with Crippen molar-refractivity contribution in [2.45, 2.75) is 50.7 Å². The van der Waals surface area contributed by atoms with Gasteiger partial charge in [0.15, 0.2) is 6.10 Å². The molecule has 0 fully saturated rings. The summed E-state index contributed by atoms with van der Waals surface area (Å²) >= 11 is 6.31. The number of ether oxygens (including phenoxy) is 1. The summed E-state index contributed by atoms with van der Waals surface area (Å²) < 4.78 is 107. The van der Waals surface area contributed by atoms with Crippen LogP contribution < -0.4 is 10.1 Å². The van der Waals surface area contributed by atoms with E-state index in [1.165, 1.54) is 24.3 Å². The van der Waals surface area contributed by atoms with Crippen molar-refractivity contribution in [2.24, 2.45) is 0 Å². The van der Waals surface area contributed by atoms with Crippen molar-refractivity contribution in [1.82, 2.24) is 4.90 Å². The second-order valence-corrected chi connectivity index (χ2v) is 8.64. The molecule has 2 aromatic carbocycles. The molecule has 36 heavy (non-hydrogen) atoms. The summed E-state index contributed by atoms with van der Waals surface area (Å²) in [5.41, 5.74) is 2.49. The lowest BCUT2D eigenvalue weighted by Crippen LogP contribution is -2.48. The van der Waals surface area contributed by atoms with Crippen molar-refractivity contribution in [3.05, 3.63) is 58.1 Å². The average Bonchev–Trinajstić information content (AvgIpc) is 3.00. The lowest BCUT2D eigenvalue weighted by atomic mass is 10.0. The Labute approximate surface area is 206 Å². The fourth-order valence-electron chi connectivity index (χ4n) is 3.75. The molecular formula is C23H21ClF8N2O2. The number of carbonyl (C=O) groups is 1. The van der Waals surface area contributed by atoms with Crippen molar-refractivity contribution in [2.75, 3.05) is 18.4 Å². The number of halogens is 9. The van der Waals surface area contributed by atoms with Crippen LogP contribution in [-0.4, -0.2) is 48.3 Å². The Morgan fingerprint density at radius 1 is 1.00 bits per heavy atom. The smallest absolute Gasteiger partial charge is 0.471 e. The fourth-order valence-corrected chi connectivity index (χ4v) is 4.00. The predicted octanol–water partition coefficient (Wildman–Crippen LogP) is 6.41. The van der Waals surface area contributed by atoms with Gasteiger partial charge in [0.25, 0.3) is 0 Å². The highest BCUT2D eigenvalue weighted by Crippen LogP contribution is 2.39. The monoisotopic (exact) mass is 544 g/mol. The van der Waals surface area contributed by atoms with Gasteiger partial charge in [-0.15, -0.1) is 0 Å². The van der Waals surface area contributed by atoms with Crippen molar-refractivity contribution in [3.63, 3.8) is 0 Å². The number of hydrogen-bond donors (Lipinski definition) is 1. The minimum absolute atomic E-state index is 0.0975. The minimum Gasteiger partial charge on any atom is -0.484 e. The molecule has 0 saturated heterocycles. The van der Waals surface area contributed by atoms with Gasteiger partial charge < -0.3 is 15.0 Å². The Kier molecular flexibility index (Phi) is 7.97. The molecule has 0 aliphatic carbocycles. The molecular weight excluding hydrogens is 524 g/mol. The highest BCUT2D eigenvalue weighted by molar-refractivity contribution is 6.33. The summed E-state index contributed by atoms with van der Waals surface area (Å²) in [4.78, 5) is 12.4. The van der Waals surface area contributed by atoms with Crippen LogP contribution in [-0.2, 0) is 24.2 Å². The Hall–Kier alpha value is -2.76. The number of anilines is 1. The fraction of sp³-hybridized carbons (Fsp3) is 0.435. The van der Waals surface area contributed by atoms with Crippen LogP contribution in [0.3, 0.4) is 0 Å². The molecule has 1 unspecified atom stereocenters. The van der Waals surface area contributed by atoms with E-state index in [0.717, 1.165) is 10.5 Å². The molecule has 0 bridgehead atoms. The van der Waals surface area contributed by atoms with Crippen molar-refractivity contribution < 1.29 is 44.7 Å². The second-order valence-electron chi connectivity index (χ2n) is 8.23. The summed E-state index contributed by atoms with van der Waals surface area (Å²) in [6.07, 6.45) is -12.8. The quantitative estimate of drug-likeness (QED) is 0.428. The van der Waals surface area contributed by atoms with Gasteiger partial charge >= 0.3 is 24.2 Å². The number of nitrogens with zero attached hydrogens (tertiary/aromatic N) is 1. The predicted molar refractivity (Wildman–Crippen MR) is 116 cm³/mol. The number of benzene rings is 2. The molecule has 1 atom stereocenters. The van der Waals surface area contributed by atoms with Crippen LogP contribution in [0, 0.1) is 0 Å². The van der Waals surface area contributed by atoms with E-state index in [1.54, 1.807) is 12.1 Å². The van der Waals surface area contributed by atoms with Crippen molar-refractivity contribution >= 4 is 23.2 Å². The van der Waals surface area contributed by atoms with Crippen molar-refractivity contribution in [3.8, 4) is 5.75 Å². The van der Waals surface area contributed by atoms with Crippen molar-refractivity contribution in [1.29, 1.82) is 0 Å². The summed E-state index contributed by atoms with van der Waals surface area (Å²) in [6.45, 7) is 0.540. The normalized spacial score (nSPS) is 15.7. The third-order valence-corrected chi connectivity index (χ3v) is 6.08. The summed E-state index contributed by atoms with van der Waals surface area (Å²) in [6, 6.07) is 8.68. The van der Waals surface area contributed by atoms with E-state index in [1.807, 2.05) is 0 Å². The summed E-state index contributed by atoms with van der Waals surface area (Å²) in [7, 11) is 0. The molecule has 4 nitrogen and oxygen atoms in total. The first-order valence-electron chi connectivity index (χ1n) is 10.7. The topological polar surface area (TPSA) is 41.6 Å². The van der Waals surface area contributed by atoms with Crippen LogP contribution in [0.1, 0.15) is 23.6 Å². The van der Waals surface area contributed by atoms with Gasteiger partial charge in [0.1, 0.15) is 5.75 Å². The standard InChI is InChI=1S/C23H21ClF8N2O2/c1-13(21(25,26)23(30,31)32)36-16-5-2-14(3-6-16)12-33-19-17-9-11-34(20(35)22(27,28)29)10-8-15(17)4-7-18(19)24/h2-7,13,33H,8-12H2,1H3. The number of rotatable bonds is 6. The SMILES string of the molecule is CC(Oc1ccc(CNc2c(Cl)ccc3c2CCN(C(=O)C(F)(F)F)CC3)cc1)C(F)(F)C(F)(F)F. The lowest BCUT2D eigenvalue weighted by Gasteiger charge is -2.26. The number of amides is 1. The van der Waals surface area contributed by atoms with E-state index in [-0.39, 0.29) is 38.2 Å². The van der Waals surface area contributed by atoms with Gasteiger partial charge in [-0.05, 0) is 54.7 Å². The van der Waals surface area contributed by atoms with Gasteiger partial charge in [-0.1, -0.05) is 29.8 Å². The maximum absolute atomic E-state index is 13.4. The van der Waals surface area contributed by atoms with E-state index in [4.69, 9.17) is 16.3 Å². The molecule has 1 aliphatic heterocycles. The average molecular weight is 545 g/mol. The van der Waals surface area contributed by atoms with Gasteiger partial charge in [-0.3, -0.25) is 4.79 Å². The van der Waals surface area contributed by atoms with Gasteiger partial charge in [-0.25, -0.2) is 0 Å². The van der Waals surface area contributed by atoms with E-state index >= 15 is 0 Å². The lowest BCUT2D eigenvalue weighted by molar-refractivity contribution is -0.306. The minimum atomic E-state index is -5.75. The van der Waals surface area contributed by atoms with E-state index < -0.39 is 30.3 Å². The van der Waals surface area contributed by atoms with Crippen LogP contribution >= 0.6 is 11.6 Å². The van der Waals surface area contributed by atoms with Gasteiger partial charge in [-0.2, -0.15) is 35.1 Å². The number of carbonyl (C=O) groups excluding carboxylic acids is 1. The third kappa shape index (κ3) is 6.13. The first-order chi connectivity index (χ1) is 16.6. The molecule has 3 rings (SSSR count). The molecule has 0 spiro atoms. The van der Waals surface area contributed by atoms with E-state index in [0.29, 0.717) is 28.8 Å². The van der Waals surface area contributed by atoms with Gasteiger partial charge in [0.2, 0.25) is 0 Å². The van der Waals surface area contributed by atoms with Crippen LogP contribution in [0.5, 0.6) is 5.75 Å². The molecule has 0 radical (unpaired) electrons. The highest BCUT2D eigenvalue weighted by atomic mass is 35.5. The maximum Gasteiger partial charge on any atom is 0.471 e. The Bertz CT molecular complexity index is 1090. The molecule has 1 aliphatic rings. The van der Waals surface area contributed by atoms with Crippen LogP contribution in [0.2, 0.25) is 5.02 Å². The second kappa shape index (κ2) is 10.3. The molecule has 0 aromatic heterocycles. The number of fused-ring (bicyclic) bond motifs is 1. The zero-order valence-corrected chi connectivity index (χ0v) is 19.5. The Balaban J connectivity index is 1.68. The van der Waals surface area contributed by atoms with E-state index in [2.05, 4.69) is 5.32 Å². The zero-order valence-electron chi connectivity index (χ0n) is 18.7. The first-order valence-corrected chi connectivity index (χ1v) is 11.1. The summed E-state index contributed by atoms with van der Waals surface area (Å²) in [5.74, 6) is -7.12. The molecule has 1 N–H and O–H groups in total. The van der Waals surface area contributed by atoms with Gasteiger partial charge in [0.05, 0.1) is 10.7 Å². The number of alkyl halides is 8. The molecule has 198 valence electrons. The third-order valence-electron chi connectivity index (χ3n) is 5.77. The van der Waals surface area contributed by atoms with Crippen LogP contribution in [0.4, 0.5) is 40.8 Å². The van der Waals surface area contributed by atoms with E-state index in [9.17, 15) is 39.9 Å². The summed E-state index contributed by atoms with van der Waals surface area (Å²) in [5, 5.41) is 3.41. The molecule has 13 heteroatoms. The first kappa shape index (κ1) is 27.8.